The van der Waals surface area contributed by atoms with Gasteiger partial charge in [-0.3, -0.25) is 0 Å². The number of carbonyl (C=O) groups is 1. The summed E-state index contributed by atoms with van der Waals surface area (Å²) in [4.78, 5) is 16.2. The summed E-state index contributed by atoms with van der Waals surface area (Å²) >= 11 is 1.72. The van der Waals surface area contributed by atoms with Crippen molar-refractivity contribution in [1.29, 1.82) is 0 Å². The van der Waals surface area contributed by atoms with E-state index in [0.29, 0.717) is 19.0 Å². The van der Waals surface area contributed by atoms with E-state index in [-0.39, 0.29) is 0 Å². The monoisotopic (exact) mass is 378 g/mol. The van der Waals surface area contributed by atoms with E-state index in [9.17, 15) is 9.90 Å². The van der Waals surface area contributed by atoms with E-state index in [4.69, 9.17) is 5.11 Å². The van der Waals surface area contributed by atoms with E-state index in [1.807, 2.05) is 0 Å². The number of rotatable bonds is 5. The van der Waals surface area contributed by atoms with Crippen LogP contribution in [-0.4, -0.2) is 65.1 Å². The Morgan fingerprint density at radius 1 is 1.15 bits per heavy atom. The van der Waals surface area contributed by atoms with Gasteiger partial charge in [-0.25, -0.2) is 4.79 Å². The quantitative estimate of drug-likeness (QED) is 0.768. The third kappa shape index (κ3) is 4.72. The number of nitrogens with zero attached hydrogens (tertiary/aromatic N) is 2. The van der Waals surface area contributed by atoms with Crippen molar-refractivity contribution in [3.63, 3.8) is 0 Å². The lowest BCUT2D eigenvalue weighted by atomic mass is 9.84. The molecule has 0 aromatic heterocycles. The molecule has 2 N–H and O–H groups in total. The summed E-state index contributed by atoms with van der Waals surface area (Å²) in [6.45, 7) is 4.25. The summed E-state index contributed by atoms with van der Waals surface area (Å²) in [5, 5.41) is 20.1. The normalized spacial score (nSPS) is 21.7. The van der Waals surface area contributed by atoms with Crippen LogP contribution in [0, 0.1) is 5.92 Å². The molecule has 1 aromatic carbocycles. The van der Waals surface area contributed by atoms with Gasteiger partial charge in [0.2, 0.25) is 0 Å². The third-order valence-corrected chi connectivity index (χ3v) is 6.79. The lowest BCUT2D eigenvalue weighted by Gasteiger charge is -2.39. The van der Waals surface area contributed by atoms with Gasteiger partial charge in [-0.05, 0) is 68.5 Å². The van der Waals surface area contributed by atoms with Crippen molar-refractivity contribution in [2.24, 2.45) is 5.92 Å². The number of thioether (sulfide) groups is 1. The van der Waals surface area contributed by atoms with Crippen molar-refractivity contribution in [3.8, 4) is 0 Å². The van der Waals surface area contributed by atoms with E-state index in [2.05, 4.69) is 35.4 Å². The summed E-state index contributed by atoms with van der Waals surface area (Å²) < 4.78 is 0. The zero-order valence-corrected chi connectivity index (χ0v) is 16.4. The van der Waals surface area contributed by atoms with Crippen molar-refractivity contribution < 1.29 is 15.0 Å². The zero-order chi connectivity index (χ0) is 18.6. The maximum Gasteiger partial charge on any atom is 0.407 e. The van der Waals surface area contributed by atoms with Crippen LogP contribution < -0.4 is 0 Å². The molecule has 0 spiro atoms. The molecule has 0 unspecified atom stereocenters. The number of hydrogen-bond acceptors (Lipinski definition) is 4. The van der Waals surface area contributed by atoms with Gasteiger partial charge in [0, 0.05) is 31.1 Å². The van der Waals surface area contributed by atoms with E-state index < -0.39 is 11.7 Å². The maximum absolute atomic E-state index is 11.0. The number of amides is 1. The van der Waals surface area contributed by atoms with Crippen LogP contribution in [0.5, 0.6) is 0 Å². The molecule has 0 radical (unpaired) electrons. The average molecular weight is 379 g/mol. The number of piperidine rings is 2. The molecule has 144 valence electrons. The Bertz CT molecular complexity index is 592. The molecule has 6 heteroatoms. The van der Waals surface area contributed by atoms with Crippen molar-refractivity contribution in [1.82, 2.24) is 9.80 Å². The molecular formula is C20H30N2O3S. The Morgan fingerprint density at radius 2 is 1.77 bits per heavy atom. The maximum atomic E-state index is 11.0. The van der Waals surface area contributed by atoms with Crippen LogP contribution in [0.2, 0.25) is 0 Å². The Hall–Kier alpha value is -1.24. The molecule has 3 rings (SSSR count). The minimum absolute atomic E-state index is 0.630. The molecule has 1 aromatic rings. The lowest BCUT2D eigenvalue weighted by molar-refractivity contribution is -0.0271. The molecule has 0 atom stereocenters. The largest absolute Gasteiger partial charge is 0.465 e. The third-order valence-electron chi connectivity index (χ3n) is 6.05. The van der Waals surface area contributed by atoms with Gasteiger partial charge in [0.25, 0.3) is 0 Å². The van der Waals surface area contributed by atoms with Gasteiger partial charge in [0.05, 0.1) is 5.60 Å². The summed E-state index contributed by atoms with van der Waals surface area (Å²) in [5.74, 6) is 0.630. The van der Waals surface area contributed by atoms with E-state index in [1.165, 1.54) is 9.80 Å². The highest BCUT2D eigenvalue weighted by atomic mass is 32.2. The average Bonchev–Trinajstić information content (AvgIpc) is 2.68. The fraction of sp³-hybridized carbons (Fsp3) is 0.650. The Kier molecular flexibility index (Phi) is 6.48. The first-order valence-electron chi connectivity index (χ1n) is 9.57. The van der Waals surface area contributed by atoms with Crippen molar-refractivity contribution in [2.45, 2.75) is 42.6 Å². The van der Waals surface area contributed by atoms with Gasteiger partial charge < -0.3 is 20.0 Å². The van der Waals surface area contributed by atoms with Crippen LogP contribution in [0.4, 0.5) is 4.79 Å². The van der Waals surface area contributed by atoms with Gasteiger partial charge >= 0.3 is 6.09 Å². The van der Waals surface area contributed by atoms with Gasteiger partial charge in [-0.1, -0.05) is 12.1 Å². The first-order chi connectivity index (χ1) is 12.5. The number of aliphatic hydroxyl groups is 1. The van der Waals surface area contributed by atoms with Crippen LogP contribution in [0.1, 0.15) is 37.7 Å². The van der Waals surface area contributed by atoms with Crippen LogP contribution in [-0.2, 0) is 5.60 Å². The van der Waals surface area contributed by atoms with Gasteiger partial charge in [-0.2, -0.15) is 0 Å². The fourth-order valence-corrected chi connectivity index (χ4v) is 4.52. The molecule has 2 heterocycles. The number of likely N-dealkylation sites (tertiary alicyclic amines) is 2. The SMILES string of the molecule is CSc1ccc(C2(O)CCN(CCC3CCN(C(=O)O)CC3)CC2)cc1. The fourth-order valence-electron chi connectivity index (χ4n) is 4.11. The lowest BCUT2D eigenvalue weighted by Crippen LogP contribution is -2.43. The predicted octanol–water partition coefficient (Wildman–Crippen LogP) is 3.47. The van der Waals surface area contributed by atoms with Crippen LogP contribution in [0.15, 0.2) is 29.2 Å². The first kappa shape index (κ1) is 19.5. The summed E-state index contributed by atoms with van der Waals surface area (Å²) in [6.07, 6.45) is 5.93. The summed E-state index contributed by atoms with van der Waals surface area (Å²) in [6, 6.07) is 8.32. The molecule has 2 fully saturated rings. The second kappa shape index (κ2) is 8.63. The molecule has 0 bridgehead atoms. The molecule has 1 amide bonds. The first-order valence-corrected chi connectivity index (χ1v) is 10.8. The minimum atomic E-state index is -0.788. The highest BCUT2D eigenvalue weighted by Gasteiger charge is 2.34. The molecule has 5 nitrogen and oxygen atoms in total. The highest BCUT2D eigenvalue weighted by Crippen LogP contribution is 2.34. The molecular weight excluding hydrogens is 348 g/mol. The van der Waals surface area contributed by atoms with Gasteiger partial charge in [0.15, 0.2) is 0 Å². The molecule has 0 saturated carbocycles. The summed E-state index contributed by atoms with van der Waals surface area (Å²) in [5.41, 5.74) is 0.344. The van der Waals surface area contributed by atoms with Gasteiger partial charge in [-0.15, -0.1) is 11.8 Å². The number of carboxylic acid groups (broad SMARTS) is 1. The Labute approximate surface area is 160 Å². The predicted molar refractivity (Wildman–Crippen MR) is 105 cm³/mol. The second-order valence-corrected chi connectivity index (χ2v) is 8.48. The molecule has 2 aliphatic rings. The van der Waals surface area contributed by atoms with E-state index in [0.717, 1.165) is 57.3 Å². The topological polar surface area (TPSA) is 64.0 Å². The van der Waals surface area contributed by atoms with Crippen molar-refractivity contribution in [2.75, 3.05) is 39.0 Å². The smallest absolute Gasteiger partial charge is 0.407 e. The van der Waals surface area contributed by atoms with Crippen LogP contribution in [0.3, 0.4) is 0 Å². The Morgan fingerprint density at radius 3 is 2.31 bits per heavy atom. The van der Waals surface area contributed by atoms with Crippen molar-refractivity contribution >= 4 is 17.9 Å². The minimum Gasteiger partial charge on any atom is -0.465 e. The van der Waals surface area contributed by atoms with E-state index in [1.54, 1.807) is 11.8 Å². The number of benzene rings is 1. The molecule has 2 aliphatic heterocycles. The van der Waals surface area contributed by atoms with E-state index >= 15 is 0 Å². The highest BCUT2D eigenvalue weighted by molar-refractivity contribution is 7.98. The molecule has 0 aliphatic carbocycles. The number of hydrogen-bond donors (Lipinski definition) is 2. The molecule has 2 saturated heterocycles. The Balaban J connectivity index is 1.43. The van der Waals surface area contributed by atoms with Crippen molar-refractivity contribution in [3.05, 3.63) is 29.8 Å². The van der Waals surface area contributed by atoms with Gasteiger partial charge in [0.1, 0.15) is 0 Å². The van der Waals surface area contributed by atoms with Crippen LogP contribution >= 0.6 is 11.8 Å². The standard InChI is InChI=1S/C20H30N2O3S/c1-26-18-4-2-17(3-5-18)20(25)9-14-21(15-10-20)11-6-16-7-12-22(13-8-16)19(23)24/h2-5,16,25H,6-15H2,1H3,(H,23,24). The zero-order valence-electron chi connectivity index (χ0n) is 15.6. The second-order valence-electron chi connectivity index (χ2n) is 7.60. The van der Waals surface area contributed by atoms with Crippen LogP contribution in [0.25, 0.3) is 0 Å². The summed E-state index contributed by atoms with van der Waals surface area (Å²) in [7, 11) is 0. The molecule has 26 heavy (non-hydrogen) atoms.